The number of benzene rings is 2. The van der Waals surface area contributed by atoms with Gasteiger partial charge in [-0.15, -0.1) is 0 Å². The van der Waals surface area contributed by atoms with Crippen molar-refractivity contribution in [3.8, 4) is 0 Å². The number of halogens is 2. The van der Waals surface area contributed by atoms with E-state index in [0.717, 1.165) is 17.7 Å². The van der Waals surface area contributed by atoms with Gasteiger partial charge in [0.25, 0.3) is 5.69 Å². The SMILES string of the molecule is O=[N+]([O-])c1cc([C@@H]2Nc3ccc(I)cc3[C@@H]3C=CC[C@H]32)ccc1Cl. The number of anilines is 1. The molecule has 0 unspecified atom stereocenters. The molecular weight excluding hydrogens is 439 g/mol. The number of allylic oxidation sites excluding steroid dienone is 2. The Balaban J connectivity index is 1.79. The number of nitrogens with one attached hydrogen (secondary N) is 1. The van der Waals surface area contributed by atoms with Crippen LogP contribution in [0, 0.1) is 19.6 Å². The lowest BCUT2D eigenvalue weighted by Crippen LogP contribution is -2.29. The molecule has 1 heterocycles. The van der Waals surface area contributed by atoms with Gasteiger partial charge in [0, 0.05) is 21.2 Å². The Morgan fingerprint density at radius 2 is 2.08 bits per heavy atom. The fraction of sp³-hybridized carbons (Fsp3) is 0.222. The maximum atomic E-state index is 11.2. The van der Waals surface area contributed by atoms with E-state index in [1.807, 2.05) is 6.07 Å². The highest BCUT2D eigenvalue weighted by atomic mass is 127. The fourth-order valence-corrected chi connectivity index (χ4v) is 4.46. The minimum Gasteiger partial charge on any atom is -0.378 e. The molecular formula is C18H14ClIN2O2. The molecule has 4 rings (SSSR count). The van der Waals surface area contributed by atoms with Gasteiger partial charge in [-0.3, -0.25) is 10.1 Å². The van der Waals surface area contributed by atoms with Crippen LogP contribution < -0.4 is 5.32 Å². The van der Waals surface area contributed by atoms with Gasteiger partial charge < -0.3 is 5.32 Å². The zero-order chi connectivity index (χ0) is 16.8. The van der Waals surface area contributed by atoms with Crippen LogP contribution in [-0.4, -0.2) is 4.92 Å². The van der Waals surface area contributed by atoms with Gasteiger partial charge in [-0.25, -0.2) is 0 Å². The Hall–Kier alpha value is -1.60. The van der Waals surface area contributed by atoms with Crippen LogP contribution in [0.5, 0.6) is 0 Å². The highest BCUT2D eigenvalue weighted by molar-refractivity contribution is 14.1. The third-order valence-corrected chi connectivity index (χ3v) is 5.84. The van der Waals surface area contributed by atoms with Crippen LogP contribution in [0.1, 0.15) is 29.5 Å². The van der Waals surface area contributed by atoms with Crippen LogP contribution >= 0.6 is 34.2 Å². The summed E-state index contributed by atoms with van der Waals surface area (Å²) in [5.41, 5.74) is 3.28. The highest BCUT2D eigenvalue weighted by Gasteiger charge is 2.38. The summed E-state index contributed by atoms with van der Waals surface area (Å²) in [6.45, 7) is 0. The Bertz CT molecular complexity index is 868. The average Bonchev–Trinajstić information content (AvgIpc) is 3.04. The first-order valence-corrected chi connectivity index (χ1v) is 9.17. The lowest BCUT2D eigenvalue weighted by molar-refractivity contribution is -0.384. The number of nitro benzene ring substituents is 1. The zero-order valence-corrected chi connectivity index (χ0v) is 15.5. The summed E-state index contributed by atoms with van der Waals surface area (Å²) in [4.78, 5) is 10.8. The molecule has 0 radical (unpaired) electrons. The van der Waals surface area contributed by atoms with E-state index in [4.69, 9.17) is 11.6 Å². The third kappa shape index (κ3) is 2.59. The average molecular weight is 453 g/mol. The number of nitrogens with zero attached hydrogens (tertiary/aromatic N) is 1. The number of rotatable bonds is 2. The second-order valence-corrected chi connectivity index (χ2v) is 7.83. The van der Waals surface area contributed by atoms with Crippen LogP contribution in [-0.2, 0) is 0 Å². The van der Waals surface area contributed by atoms with Crippen LogP contribution in [0.3, 0.4) is 0 Å². The first-order valence-electron chi connectivity index (χ1n) is 7.71. The standard InChI is InChI=1S/C18H14ClIN2O2/c19-15-6-4-10(8-17(15)22(23)24)18-13-3-1-2-12(13)14-9-11(20)5-7-16(14)21-18/h1-2,4-9,12-13,18,21H,3H2/t12-,13-,18+/m1/s1. The van der Waals surface area contributed by atoms with Crippen LogP contribution in [0.2, 0.25) is 5.02 Å². The Kier molecular flexibility index (Phi) is 4.00. The van der Waals surface area contributed by atoms with Gasteiger partial charge in [0.1, 0.15) is 5.02 Å². The third-order valence-electron chi connectivity index (χ3n) is 4.85. The zero-order valence-electron chi connectivity index (χ0n) is 12.6. The normalized spacial score (nSPS) is 24.2. The Morgan fingerprint density at radius 3 is 2.88 bits per heavy atom. The van der Waals surface area contributed by atoms with E-state index in [0.29, 0.717) is 11.8 Å². The second-order valence-electron chi connectivity index (χ2n) is 6.18. The molecule has 122 valence electrons. The maximum Gasteiger partial charge on any atom is 0.288 e. The molecule has 0 saturated carbocycles. The van der Waals surface area contributed by atoms with Gasteiger partial charge in [0.15, 0.2) is 0 Å². The minimum absolute atomic E-state index is 0.0353. The van der Waals surface area contributed by atoms with Crippen LogP contribution in [0.4, 0.5) is 11.4 Å². The van der Waals surface area contributed by atoms with Crippen LogP contribution in [0.15, 0.2) is 48.6 Å². The topological polar surface area (TPSA) is 55.2 Å². The van der Waals surface area contributed by atoms with Crippen molar-refractivity contribution in [1.29, 1.82) is 0 Å². The van der Waals surface area contributed by atoms with E-state index in [1.165, 1.54) is 9.13 Å². The van der Waals surface area contributed by atoms with Gasteiger partial charge >= 0.3 is 0 Å². The van der Waals surface area contributed by atoms with Crippen molar-refractivity contribution >= 4 is 45.6 Å². The minimum atomic E-state index is -0.421. The molecule has 2 aromatic carbocycles. The lowest BCUT2D eigenvalue weighted by Gasteiger charge is -2.37. The molecule has 1 aliphatic carbocycles. The molecule has 3 atom stereocenters. The summed E-state index contributed by atoms with van der Waals surface area (Å²) in [6, 6.07) is 11.5. The lowest BCUT2D eigenvalue weighted by atomic mass is 9.77. The molecule has 0 saturated heterocycles. The van der Waals surface area contributed by atoms with Crippen molar-refractivity contribution < 1.29 is 4.92 Å². The molecule has 0 aromatic heterocycles. The predicted molar refractivity (Wildman–Crippen MR) is 104 cm³/mol. The second kappa shape index (κ2) is 6.04. The maximum absolute atomic E-state index is 11.2. The number of hydrogen-bond donors (Lipinski definition) is 1. The van der Waals surface area contributed by atoms with E-state index < -0.39 is 4.92 Å². The molecule has 6 heteroatoms. The molecule has 24 heavy (non-hydrogen) atoms. The number of hydrogen-bond acceptors (Lipinski definition) is 3. The smallest absolute Gasteiger partial charge is 0.288 e. The predicted octanol–water partition coefficient (Wildman–Crippen LogP) is 5.68. The van der Waals surface area contributed by atoms with Crippen molar-refractivity contribution in [2.24, 2.45) is 5.92 Å². The van der Waals surface area contributed by atoms with Crippen molar-refractivity contribution in [2.45, 2.75) is 18.4 Å². The van der Waals surface area contributed by atoms with Gasteiger partial charge in [-0.05, 0) is 70.3 Å². The fourth-order valence-electron chi connectivity index (χ4n) is 3.76. The molecule has 0 fully saturated rings. The molecule has 0 bridgehead atoms. The van der Waals surface area contributed by atoms with E-state index in [9.17, 15) is 10.1 Å². The van der Waals surface area contributed by atoms with Gasteiger partial charge in [0.05, 0.1) is 11.0 Å². The van der Waals surface area contributed by atoms with E-state index in [2.05, 4.69) is 58.3 Å². The molecule has 2 aromatic rings. The Labute approximate surface area is 158 Å². The summed E-state index contributed by atoms with van der Waals surface area (Å²) in [5.74, 6) is 0.701. The monoisotopic (exact) mass is 452 g/mol. The molecule has 2 aliphatic rings. The van der Waals surface area contributed by atoms with E-state index in [-0.39, 0.29) is 16.8 Å². The van der Waals surface area contributed by atoms with Crippen molar-refractivity contribution in [3.63, 3.8) is 0 Å². The summed E-state index contributed by atoms with van der Waals surface area (Å²) in [7, 11) is 0. The van der Waals surface area contributed by atoms with Crippen molar-refractivity contribution in [2.75, 3.05) is 5.32 Å². The first-order chi connectivity index (χ1) is 11.5. The van der Waals surface area contributed by atoms with E-state index >= 15 is 0 Å². The van der Waals surface area contributed by atoms with Crippen molar-refractivity contribution in [1.82, 2.24) is 0 Å². The molecule has 1 N–H and O–H groups in total. The van der Waals surface area contributed by atoms with Crippen LogP contribution in [0.25, 0.3) is 0 Å². The molecule has 0 amide bonds. The van der Waals surface area contributed by atoms with Gasteiger partial charge in [-0.1, -0.05) is 29.8 Å². The van der Waals surface area contributed by atoms with E-state index in [1.54, 1.807) is 12.1 Å². The molecule has 1 aliphatic heterocycles. The number of fused-ring (bicyclic) bond motifs is 3. The Morgan fingerprint density at radius 1 is 1.25 bits per heavy atom. The quantitative estimate of drug-likeness (QED) is 0.276. The summed E-state index contributed by atoms with van der Waals surface area (Å²) in [6.07, 6.45) is 5.44. The van der Waals surface area contributed by atoms with Gasteiger partial charge in [0.2, 0.25) is 0 Å². The molecule has 0 spiro atoms. The van der Waals surface area contributed by atoms with Gasteiger partial charge in [-0.2, -0.15) is 0 Å². The first kappa shape index (κ1) is 15.9. The summed E-state index contributed by atoms with van der Waals surface area (Å²) in [5, 5.41) is 15.0. The van der Waals surface area contributed by atoms with Crippen molar-refractivity contribution in [3.05, 3.63) is 78.4 Å². The number of nitro groups is 1. The summed E-state index contributed by atoms with van der Waals surface area (Å²) < 4.78 is 1.22. The summed E-state index contributed by atoms with van der Waals surface area (Å²) >= 11 is 8.29. The highest BCUT2D eigenvalue weighted by Crippen LogP contribution is 2.50. The largest absolute Gasteiger partial charge is 0.378 e. The molecule has 4 nitrogen and oxygen atoms in total.